The molecule has 0 fully saturated rings. The fourth-order valence-electron chi connectivity index (χ4n) is 3.33. The third-order valence-corrected chi connectivity index (χ3v) is 5.92. The van der Waals surface area contributed by atoms with E-state index in [1.54, 1.807) is 23.5 Å². The van der Waals surface area contributed by atoms with Gasteiger partial charge in [0.05, 0.1) is 15.8 Å². The lowest BCUT2D eigenvalue weighted by atomic mass is 9.99. The van der Waals surface area contributed by atoms with E-state index in [-0.39, 0.29) is 11.5 Å². The molecule has 7 heteroatoms. The van der Waals surface area contributed by atoms with Crippen molar-refractivity contribution in [3.63, 3.8) is 0 Å². The van der Waals surface area contributed by atoms with Crippen LogP contribution in [0.1, 0.15) is 39.9 Å². The number of rotatable bonds is 4. The molecule has 0 spiro atoms. The van der Waals surface area contributed by atoms with Gasteiger partial charge in [-0.05, 0) is 56.4 Å². The van der Waals surface area contributed by atoms with Gasteiger partial charge in [-0.3, -0.25) is 25.0 Å². The molecule has 6 nitrogen and oxygen atoms in total. The van der Waals surface area contributed by atoms with E-state index in [2.05, 4.69) is 15.8 Å². The van der Waals surface area contributed by atoms with Crippen molar-refractivity contribution >= 4 is 34.1 Å². The number of carbonyl (C=O) groups is 1. The third kappa shape index (κ3) is 2.99. The molecule has 1 amide bonds. The lowest BCUT2D eigenvalue weighted by Crippen LogP contribution is -2.34. The van der Waals surface area contributed by atoms with Crippen LogP contribution < -0.4 is 16.4 Å². The second-order valence-corrected chi connectivity index (χ2v) is 7.48. The van der Waals surface area contributed by atoms with Crippen LogP contribution in [0.5, 0.6) is 0 Å². The van der Waals surface area contributed by atoms with E-state index in [0.29, 0.717) is 28.3 Å². The second-order valence-electron chi connectivity index (χ2n) is 6.35. The minimum Gasteiger partial charge on any atom is -0.277 e. The second kappa shape index (κ2) is 6.92. The molecule has 1 aliphatic rings. The molecule has 0 bridgehead atoms. The summed E-state index contributed by atoms with van der Waals surface area (Å²) >= 11 is 1.55. The zero-order valence-corrected chi connectivity index (χ0v) is 15.4. The average molecular weight is 368 g/mol. The minimum atomic E-state index is -0.200. The monoisotopic (exact) mass is 368 g/mol. The first kappa shape index (κ1) is 16.8. The van der Waals surface area contributed by atoms with Crippen LogP contribution in [0.4, 0.5) is 5.95 Å². The van der Waals surface area contributed by atoms with Crippen molar-refractivity contribution in [2.45, 2.75) is 39.2 Å². The van der Waals surface area contributed by atoms with Crippen molar-refractivity contribution in [1.82, 2.24) is 15.0 Å². The highest BCUT2D eigenvalue weighted by Crippen LogP contribution is 2.29. The molecular formula is C19H20N4O2S. The molecule has 0 radical (unpaired) electrons. The molecule has 134 valence electrons. The normalized spacial score (nSPS) is 13.4. The number of hydrazine groups is 1. The Bertz CT molecular complexity index is 1010. The maximum Gasteiger partial charge on any atom is 0.279 e. The van der Waals surface area contributed by atoms with E-state index in [1.165, 1.54) is 27.8 Å². The number of nitrogens with zero attached hydrogens (tertiary/aromatic N) is 2. The largest absolute Gasteiger partial charge is 0.279 e. The predicted octanol–water partition coefficient (Wildman–Crippen LogP) is 3.11. The number of aryl methyl sites for hydroxylation is 2. The van der Waals surface area contributed by atoms with Gasteiger partial charge in [0.2, 0.25) is 5.95 Å². The van der Waals surface area contributed by atoms with Crippen molar-refractivity contribution < 1.29 is 4.79 Å². The van der Waals surface area contributed by atoms with Gasteiger partial charge in [-0.15, -0.1) is 11.3 Å². The summed E-state index contributed by atoms with van der Waals surface area (Å²) in [5.41, 5.74) is 7.30. The van der Waals surface area contributed by atoms with E-state index in [4.69, 9.17) is 0 Å². The van der Waals surface area contributed by atoms with E-state index in [9.17, 15) is 9.59 Å². The number of fused-ring (bicyclic) bond motifs is 2. The number of para-hydroxylation sites is 1. The van der Waals surface area contributed by atoms with Crippen LogP contribution in [0.2, 0.25) is 0 Å². The Labute approximate surface area is 154 Å². The van der Waals surface area contributed by atoms with Gasteiger partial charge < -0.3 is 0 Å². The number of amides is 1. The molecule has 3 aromatic rings. The molecule has 0 aliphatic heterocycles. The Kier molecular flexibility index (Phi) is 4.46. The van der Waals surface area contributed by atoms with Crippen molar-refractivity contribution in [2.24, 2.45) is 0 Å². The summed E-state index contributed by atoms with van der Waals surface area (Å²) in [6.07, 6.45) is 4.49. The number of thiophene rings is 1. The Balaban J connectivity index is 1.58. The standard InChI is InChI=1S/C19H20N4O2S/c1-2-23-18(25)13-8-4-5-9-14(13)20-19(23)22-21-17(24)16-11-12-7-3-6-10-15(12)26-16/h4-5,8-9,11H,2-3,6-7,10H2,1H3,(H,20,22)(H,21,24). The van der Waals surface area contributed by atoms with Crippen LogP contribution in [0.15, 0.2) is 35.1 Å². The quantitative estimate of drug-likeness (QED) is 0.694. The molecule has 2 N–H and O–H groups in total. The molecule has 4 rings (SSSR count). The summed E-state index contributed by atoms with van der Waals surface area (Å²) in [7, 11) is 0. The first-order chi connectivity index (χ1) is 12.7. The Hall–Kier alpha value is -2.67. The Morgan fingerprint density at radius 2 is 2.08 bits per heavy atom. The summed E-state index contributed by atoms with van der Waals surface area (Å²) in [6, 6.07) is 9.19. The highest BCUT2D eigenvalue weighted by atomic mass is 32.1. The molecule has 0 saturated heterocycles. The molecule has 0 atom stereocenters. The van der Waals surface area contributed by atoms with Gasteiger partial charge in [-0.1, -0.05) is 12.1 Å². The van der Waals surface area contributed by atoms with Gasteiger partial charge in [0.15, 0.2) is 0 Å². The van der Waals surface area contributed by atoms with Gasteiger partial charge in [0.1, 0.15) is 0 Å². The molecule has 26 heavy (non-hydrogen) atoms. The highest BCUT2D eigenvalue weighted by molar-refractivity contribution is 7.14. The average Bonchev–Trinajstić information content (AvgIpc) is 3.10. The highest BCUT2D eigenvalue weighted by Gasteiger charge is 2.18. The van der Waals surface area contributed by atoms with Crippen molar-refractivity contribution in [3.8, 4) is 0 Å². The van der Waals surface area contributed by atoms with E-state index < -0.39 is 0 Å². The molecule has 1 aliphatic carbocycles. The smallest absolute Gasteiger partial charge is 0.277 e. The molecule has 1 aromatic carbocycles. The van der Waals surface area contributed by atoms with E-state index in [0.717, 1.165) is 12.8 Å². The van der Waals surface area contributed by atoms with Gasteiger partial charge in [-0.25, -0.2) is 4.98 Å². The van der Waals surface area contributed by atoms with Crippen LogP contribution in [0.25, 0.3) is 10.9 Å². The Morgan fingerprint density at radius 3 is 2.88 bits per heavy atom. The molecule has 2 aromatic heterocycles. The van der Waals surface area contributed by atoms with Gasteiger partial charge in [-0.2, -0.15) is 0 Å². The number of nitrogens with one attached hydrogen (secondary N) is 2. The van der Waals surface area contributed by atoms with E-state index >= 15 is 0 Å². The number of aromatic nitrogens is 2. The van der Waals surface area contributed by atoms with Crippen molar-refractivity contribution in [1.29, 1.82) is 0 Å². The Morgan fingerprint density at radius 1 is 1.27 bits per heavy atom. The van der Waals surface area contributed by atoms with Crippen molar-refractivity contribution in [2.75, 3.05) is 5.43 Å². The van der Waals surface area contributed by atoms with Crippen LogP contribution in [0.3, 0.4) is 0 Å². The SMILES string of the molecule is CCn1c(NNC(=O)c2cc3c(s2)CCCC3)nc2ccccc2c1=O. The first-order valence-electron chi connectivity index (χ1n) is 8.85. The lowest BCUT2D eigenvalue weighted by Gasteiger charge is -2.13. The summed E-state index contributed by atoms with van der Waals surface area (Å²) < 4.78 is 1.52. The summed E-state index contributed by atoms with van der Waals surface area (Å²) in [6.45, 7) is 2.33. The first-order valence-corrected chi connectivity index (χ1v) is 9.66. The fraction of sp³-hybridized carbons (Fsp3) is 0.316. The number of hydrogen-bond acceptors (Lipinski definition) is 5. The molecule has 2 heterocycles. The number of benzene rings is 1. The van der Waals surface area contributed by atoms with Crippen LogP contribution >= 0.6 is 11.3 Å². The number of carbonyl (C=O) groups excluding carboxylic acids is 1. The molecule has 0 saturated carbocycles. The summed E-state index contributed by atoms with van der Waals surface area (Å²) in [5.74, 6) is 0.139. The van der Waals surface area contributed by atoms with Gasteiger partial charge in [0, 0.05) is 11.4 Å². The maximum absolute atomic E-state index is 12.6. The summed E-state index contributed by atoms with van der Waals surface area (Å²) in [5, 5.41) is 0.567. The van der Waals surface area contributed by atoms with Crippen LogP contribution in [-0.2, 0) is 19.4 Å². The maximum atomic E-state index is 12.6. The number of hydrogen-bond donors (Lipinski definition) is 2. The van der Waals surface area contributed by atoms with Crippen LogP contribution in [0, 0.1) is 0 Å². The fourth-order valence-corrected chi connectivity index (χ4v) is 4.48. The van der Waals surface area contributed by atoms with Crippen LogP contribution in [-0.4, -0.2) is 15.5 Å². The lowest BCUT2D eigenvalue weighted by molar-refractivity contribution is 0.0966. The van der Waals surface area contributed by atoms with Crippen molar-refractivity contribution in [3.05, 3.63) is 56.0 Å². The zero-order chi connectivity index (χ0) is 18.1. The van der Waals surface area contributed by atoms with Gasteiger partial charge in [0.25, 0.3) is 11.5 Å². The molecular weight excluding hydrogens is 348 g/mol. The molecule has 0 unspecified atom stereocenters. The zero-order valence-electron chi connectivity index (χ0n) is 14.5. The predicted molar refractivity (Wildman–Crippen MR) is 104 cm³/mol. The van der Waals surface area contributed by atoms with Gasteiger partial charge >= 0.3 is 0 Å². The van der Waals surface area contributed by atoms with E-state index in [1.807, 2.05) is 25.1 Å². The number of anilines is 1. The minimum absolute atomic E-state index is 0.124. The topological polar surface area (TPSA) is 76.0 Å². The third-order valence-electron chi connectivity index (χ3n) is 4.69. The summed E-state index contributed by atoms with van der Waals surface area (Å²) in [4.78, 5) is 31.6.